The van der Waals surface area contributed by atoms with Crippen LogP contribution < -0.4 is 0 Å². The van der Waals surface area contributed by atoms with E-state index in [4.69, 9.17) is 0 Å². The number of fused-ring (bicyclic) bond motifs is 3. The number of aryl methyl sites for hydroxylation is 1. The van der Waals surface area contributed by atoms with E-state index in [0.29, 0.717) is 6.42 Å². The first-order valence-electron chi connectivity index (χ1n) is 10.5. The van der Waals surface area contributed by atoms with Gasteiger partial charge in [-0.05, 0) is 43.4 Å². The third-order valence-electron chi connectivity index (χ3n) is 6.17. The van der Waals surface area contributed by atoms with Gasteiger partial charge < -0.3 is 9.47 Å². The van der Waals surface area contributed by atoms with Gasteiger partial charge in [-0.1, -0.05) is 30.3 Å². The summed E-state index contributed by atoms with van der Waals surface area (Å²) in [5, 5.41) is 8.88. The lowest BCUT2D eigenvalue weighted by atomic mass is 10.1. The Balaban J connectivity index is 1.30. The van der Waals surface area contributed by atoms with Crippen LogP contribution >= 0.6 is 0 Å². The Hall–Kier alpha value is -3.02. The van der Waals surface area contributed by atoms with Crippen molar-refractivity contribution in [2.24, 2.45) is 0 Å². The molecule has 0 unspecified atom stereocenters. The molecule has 0 radical (unpaired) electrons. The van der Waals surface area contributed by atoms with Crippen LogP contribution in [0.25, 0.3) is 11.4 Å². The molecular weight excluding hydrogens is 362 g/mol. The topological polar surface area (TPSA) is 63.9 Å². The van der Waals surface area contributed by atoms with Crippen LogP contribution in [-0.2, 0) is 24.2 Å². The van der Waals surface area contributed by atoms with Crippen molar-refractivity contribution in [3.8, 4) is 11.4 Å². The zero-order valence-corrected chi connectivity index (χ0v) is 16.4. The summed E-state index contributed by atoms with van der Waals surface area (Å²) in [4.78, 5) is 19.5. The van der Waals surface area contributed by atoms with Gasteiger partial charge in [0.15, 0.2) is 5.82 Å². The van der Waals surface area contributed by atoms with E-state index in [1.807, 2.05) is 24.4 Å². The van der Waals surface area contributed by atoms with E-state index in [-0.39, 0.29) is 18.0 Å². The molecule has 0 saturated carbocycles. The maximum atomic E-state index is 13.1. The van der Waals surface area contributed by atoms with Crippen LogP contribution in [-0.4, -0.2) is 42.6 Å². The Morgan fingerprint density at radius 1 is 1.03 bits per heavy atom. The van der Waals surface area contributed by atoms with Crippen LogP contribution in [0.1, 0.15) is 37.1 Å². The smallest absolute Gasteiger partial charge is 0.223 e. The predicted octanol–water partition coefficient (Wildman–Crippen LogP) is 3.28. The maximum absolute atomic E-state index is 13.1. The highest BCUT2D eigenvalue weighted by Crippen LogP contribution is 2.33. The Labute approximate surface area is 170 Å². The third kappa shape index (κ3) is 3.55. The molecule has 1 aromatic carbocycles. The lowest BCUT2D eigenvalue weighted by molar-refractivity contribution is -0.134. The second-order valence-corrected chi connectivity index (χ2v) is 8.02. The third-order valence-corrected chi connectivity index (χ3v) is 6.17. The van der Waals surface area contributed by atoms with Crippen LogP contribution in [0.3, 0.4) is 0 Å². The van der Waals surface area contributed by atoms with Crippen molar-refractivity contribution in [1.82, 2.24) is 24.6 Å². The van der Waals surface area contributed by atoms with Crippen LogP contribution in [0.2, 0.25) is 0 Å². The summed E-state index contributed by atoms with van der Waals surface area (Å²) in [6.07, 6.45) is 8.95. The summed E-state index contributed by atoms with van der Waals surface area (Å²) in [5.41, 5.74) is 2.27. The second-order valence-electron chi connectivity index (χ2n) is 8.02. The minimum absolute atomic E-state index is 0.233. The van der Waals surface area contributed by atoms with E-state index in [9.17, 15) is 4.79 Å². The summed E-state index contributed by atoms with van der Waals surface area (Å²) in [6.45, 7) is 0.771. The highest BCUT2D eigenvalue weighted by Gasteiger charge is 2.40. The van der Waals surface area contributed by atoms with Crippen molar-refractivity contribution in [3.05, 3.63) is 66.2 Å². The molecule has 0 N–H and O–H groups in total. The summed E-state index contributed by atoms with van der Waals surface area (Å²) < 4.78 is 2.20. The summed E-state index contributed by atoms with van der Waals surface area (Å²) >= 11 is 0. The molecule has 2 aliphatic rings. The first-order valence-corrected chi connectivity index (χ1v) is 10.5. The fourth-order valence-electron chi connectivity index (χ4n) is 4.77. The molecule has 3 aromatic rings. The molecule has 2 atom stereocenters. The van der Waals surface area contributed by atoms with Crippen LogP contribution in [0.4, 0.5) is 0 Å². The molecule has 6 heteroatoms. The van der Waals surface area contributed by atoms with Crippen molar-refractivity contribution in [2.75, 3.05) is 0 Å². The van der Waals surface area contributed by atoms with Gasteiger partial charge in [0.05, 0.1) is 6.04 Å². The molecule has 5 rings (SSSR count). The molecular formula is C23H25N5O. The van der Waals surface area contributed by atoms with E-state index in [0.717, 1.165) is 55.9 Å². The highest BCUT2D eigenvalue weighted by molar-refractivity contribution is 5.77. The molecule has 0 aliphatic carbocycles. The van der Waals surface area contributed by atoms with Gasteiger partial charge in [-0.15, -0.1) is 10.2 Å². The molecule has 4 heterocycles. The van der Waals surface area contributed by atoms with Gasteiger partial charge in [-0.2, -0.15) is 0 Å². The van der Waals surface area contributed by atoms with E-state index in [1.54, 1.807) is 6.20 Å². The number of rotatable bonds is 5. The molecule has 29 heavy (non-hydrogen) atoms. The van der Waals surface area contributed by atoms with Crippen molar-refractivity contribution in [2.45, 2.75) is 57.2 Å². The molecule has 2 bridgehead atoms. The maximum Gasteiger partial charge on any atom is 0.223 e. The van der Waals surface area contributed by atoms with E-state index < -0.39 is 0 Å². The number of amides is 1. The molecule has 0 spiro atoms. The number of hydrogen-bond acceptors (Lipinski definition) is 4. The number of carbonyl (C=O) groups excluding carboxylic acids is 1. The molecule has 1 saturated heterocycles. The van der Waals surface area contributed by atoms with Gasteiger partial charge in [-0.3, -0.25) is 9.78 Å². The highest BCUT2D eigenvalue weighted by atomic mass is 16.2. The van der Waals surface area contributed by atoms with Crippen LogP contribution in [0.5, 0.6) is 0 Å². The van der Waals surface area contributed by atoms with Crippen LogP contribution in [0, 0.1) is 0 Å². The molecule has 2 aromatic heterocycles. The zero-order chi connectivity index (χ0) is 19.6. The first-order chi connectivity index (χ1) is 14.3. The van der Waals surface area contributed by atoms with Gasteiger partial charge in [0.1, 0.15) is 5.82 Å². The molecule has 1 amide bonds. The lowest BCUT2D eigenvalue weighted by Crippen LogP contribution is -2.42. The second kappa shape index (κ2) is 7.78. The van der Waals surface area contributed by atoms with Crippen molar-refractivity contribution in [1.29, 1.82) is 0 Å². The van der Waals surface area contributed by atoms with Crippen LogP contribution in [0.15, 0.2) is 54.9 Å². The van der Waals surface area contributed by atoms with Gasteiger partial charge in [0, 0.05) is 43.4 Å². The monoisotopic (exact) mass is 387 g/mol. The number of hydrogen-bond donors (Lipinski definition) is 0. The molecule has 1 fully saturated rings. The lowest BCUT2D eigenvalue weighted by Gasteiger charge is -2.28. The Morgan fingerprint density at radius 3 is 2.72 bits per heavy atom. The number of aromatic nitrogens is 4. The van der Waals surface area contributed by atoms with Gasteiger partial charge >= 0.3 is 0 Å². The Kier molecular flexibility index (Phi) is 4.84. The quantitative estimate of drug-likeness (QED) is 0.674. The number of benzene rings is 1. The van der Waals surface area contributed by atoms with Gasteiger partial charge in [0.2, 0.25) is 5.91 Å². The molecule has 6 nitrogen and oxygen atoms in total. The van der Waals surface area contributed by atoms with Gasteiger partial charge in [-0.25, -0.2) is 0 Å². The van der Waals surface area contributed by atoms with E-state index in [2.05, 4.69) is 48.9 Å². The molecule has 148 valence electrons. The normalized spacial score (nSPS) is 20.3. The number of carbonyl (C=O) groups is 1. The average Bonchev–Trinajstić information content (AvgIpc) is 3.28. The minimum atomic E-state index is 0.233. The SMILES string of the molecule is O=C(CCCc1ccccc1)N1[C@@H]2CC[C@H]1Cc1nnc(-c3cccnc3)n1C2. The van der Waals surface area contributed by atoms with E-state index >= 15 is 0 Å². The summed E-state index contributed by atoms with van der Waals surface area (Å²) in [7, 11) is 0. The van der Waals surface area contributed by atoms with Crippen molar-refractivity contribution < 1.29 is 4.79 Å². The largest absolute Gasteiger partial charge is 0.334 e. The fraction of sp³-hybridized carbons (Fsp3) is 0.391. The van der Waals surface area contributed by atoms with E-state index in [1.165, 1.54) is 5.56 Å². The Morgan fingerprint density at radius 2 is 1.90 bits per heavy atom. The summed E-state index contributed by atoms with van der Waals surface area (Å²) in [6, 6.07) is 14.8. The predicted molar refractivity (Wildman–Crippen MR) is 110 cm³/mol. The number of nitrogens with zero attached hydrogens (tertiary/aromatic N) is 5. The summed E-state index contributed by atoms with van der Waals surface area (Å²) in [5.74, 6) is 2.13. The van der Waals surface area contributed by atoms with Crippen molar-refractivity contribution in [3.63, 3.8) is 0 Å². The Bertz CT molecular complexity index is 985. The first kappa shape index (κ1) is 18.0. The van der Waals surface area contributed by atoms with Gasteiger partial charge in [0.25, 0.3) is 0 Å². The van der Waals surface area contributed by atoms with Crippen molar-refractivity contribution >= 4 is 5.91 Å². The average molecular weight is 387 g/mol. The fourth-order valence-corrected chi connectivity index (χ4v) is 4.77. The minimum Gasteiger partial charge on any atom is -0.334 e. The zero-order valence-electron chi connectivity index (χ0n) is 16.4. The standard InChI is InChI=1S/C23H25N5O/c29-22(10-4-8-17-6-2-1-3-7-17)28-19-11-12-20(28)16-27-21(14-19)25-26-23(27)18-9-5-13-24-15-18/h1-3,5-7,9,13,15,19-20H,4,8,10-12,14,16H2/t19-,20+/m0/s1. The molecule has 2 aliphatic heterocycles. The number of pyridine rings is 1.